The maximum absolute atomic E-state index is 7.35. The Balaban J connectivity index is 1.63. The van der Waals surface area contributed by atoms with E-state index in [0.717, 1.165) is 4.31 Å². The van der Waals surface area contributed by atoms with Gasteiger partial charge in [-0.25, -0.2) is 0 Å². The van der Waals surface area contributed by atoms with Gasteiger partial charge in [-0.15, -0.1) is 0 Å². The van der Waals surface area contributed by atoms with E-state index in [0.29, 0.717) is 3.77 Å². The monoisotopic (exact) mass is 276 g/mol. The fourth-order valence-electron chi connectivity index (χ4n) is 17.8. The van der Waals surface area contributed by atoms with Crippen molar-refractivity contribution in [1.82, 2.24) is 0 Å². The van der Waals surface area contributed by atoms with Crippen LogP contribution in [0, 0.1) is 0 Å². The third kappa shape index (κ3) is 0.0526. The molecule has 5 unspecified atom stereocenters. The van der Waals surface area contributed by atoms with Gasteiger partial charge in [-0.1, -0.05) is 0 Å². The molecule has 0 N–H and O–H groups in total. The molecule has 0 aromatic heterocycles. The number of unbranched alkanes of at least 4 members (excludes halogenated alkanes) is 1. The Morgan fingerprint density at radius 1 is 1.06 bits per heavy atom. The Kier molecular flexibility index (Phi) is 0.190. The molecule has 1 spiro atoms. The van der Waals surface area contributed by atoms with Crippen molar-refractivity contribution in [2.24, 2.45) is 0 Å². The second kappa shape index (κ2) is 0.482. The van der Waals surface area contributed by atoms with Gasteiger partial charge < -0.3 is 0 Å². The SMILES string of the molecule is CCCC[C]12[CH]3[CH]4[C]5(Cl)[CH]1[Fe]43521678[CH]2[CH]1[CH]6[CH]7[CH]28. The standard InChI is InChI=1S/C9H12Cl.C5H5.Fe/c1-2-3-4-8-5-6-9(10)7-8;1-2-4-5-3-1;/h5-7H,2-4H2,1H3;1-5H;. The van der Waals surface area contributed by atoms with Crippen molar-refractivity contribution in [1.29, 1.82) is 0 Å². The van der Waals surface area contributed by atoms with Crippen LogP contribution in [0.15, 0.2) is 0 Å². The summed E-state index contributed by atoms with van der Waals surface area (Å²) >= 11 is 7.35. The molecule has 10 rings (SSSR count). The van der Waals surface area contributed by atoms with Crippen molar-refractivity contribution < 1.29 is 6.51 Å². The van der Waals surface area contributed by atoms with Gasteiger partial charge in [0.15, 0.2) is 0 Å². The van der Waals surface area contributed by atoms with E-state index in [1.165, 1.54) is 45.0 Å². The van der Waals surface area contributed by atoms with E-state index in [-0.39, 0.29) is 0 Å². The predicted molar refractivity (Wildman–Crippen MR) is 60.8 cm³/mol. The maximum atomic E-state index is 7.35. The van der Waals surface area contributed by atoms with Gasteiger partial charge in [-0.2, -0.15) is 0 Å². The Labute approximate surface area is 90.8 Å². The summed E-state index contributed by atoms with van der Waals surface area (Å²) in [7, 11) is 0. The summed E-state index contributed by atoms with van der Waals surface area (Å²) in [6.45, 7) is -0.579. The van der Waals surface area contributed by atoms with Crippen molar-refractivity contribution in [2.75, 3.05) is 0 Å². The number of hydrogen-bond donors (Lipinski definition) is 0. The van der Waals surface area contributed by atoms with Crippen LogP contribution < -0.4 is 0 Å². The molecule has 0 bridgehead atoms. The average Bonchev–Trinajstić information content (AvgIpc) is 3.21. The molecule has 0 radical (unpaired) electrons. The van der Waals surface area contributed by atoms with E-state index in [9.17, 15) is 0 Å². The van der Waals surface area contributed by atoms with Gasteiger partial charge in [-0.3, -0.25) is 0 Å². The first-order chi connectivity index (χ1) is 7.49. The zero-order valence-corrected chi connectivity index (χ0v) is 11.3. The van der Waals surface area contributed by atoms with Gasteiger partial charge in [0.2, 0.25) is 0 Å². The molecule has 2 heteroatoms. The van der Waals surface area contributed by atoms with Crippen LogP contribution in [0.3, 0.4) is 0 Å². The Morgan fingerprint density at radius 2 is 1.69 bits per heavy atom. The van der Waals surface area contributed by atoms with Gasteiger partial charge in [0.25, 0.3) is 0 Å². The fourth-order valence-corrected chi connectivity index (χ4v) is 99.0. The predicted octanol–water partition coefficient (Wildman–Crippen LogP) is 5.08. The molecule has 0 nitrogen and oxygen atoms in total. The van der Waals surface area contributed by atoms with Crippen molar-refractivity contribution in [3.05, 3.63) is 0 Å². The van der Waals surface area contributed by atoms with E-state index >= 15 is 0 Å². The number of alkyl halides is 1. The zero-order valence-electron chi connectivity index (χ0n) is 9.47. The number of rotatable bonds is 3. The molecule has 5 atom stereocenters. The first kappa shape index (κ1) is 6.31. The molecule has 10 aliphatic rings. The molecular formula is C14H17ClFe. The second-order valence-corrected chi connectivity index (χ2v) is 35.2. The zero-order chi connectivity index (χ0) is 10.1. The van der Waals surface area contributed by atoms with Crippen LogP contribution in [0.5, 0.6) is 0 Å². The van der Waals surface area contributed by atoms with Crippen molar-refractivity contribution in [3.8, 4) is 0 Å². The third-order valence-corrected chi connectivity index (χ3v) is 62.3. The molecule has 10 heterocycles. The summed E-state index contributed by atoms with van der Waals surface area (Å²) in [5.74, 6) is 0. The Bertz CT molecular complexity index is 949. The number of hydrogen-bond acceptors (Lipinski definition) is 0. The van der Waals surface area contributed by atoms with Crippen LogP contribution >= 0.6 is 11.6 Å². The van der Waals surface area contributed by atoms with E-state index in [1.807, 2.05) is 0 Å². The van der Waals surface area contributed by atoms with E-state index in [1.54, 1.807) is 12.8 Å². The Morgan fingerprint density at radius 3 is 1.94 bits per heavy atom. The van der Waals surface area contributed by atoms with E-state index in [4.69, 9.17) is 11.6 Å². The first-order valence-corrected chi connectivity index (χ1v) is 14.0. The molecule has 0 aromatic carbocycles. The van der Waals surface area contributed by atoms with Gasteiger partial charge >= 0.3 is 90.9 Å². The van der Waals surface area contributed by atoms with Crippen molar-refractivity contribution in [2.45, 2.75) is 72.8 Å². The Hall–Kier alpha value is 0.809. The summed E-state index contributed by atoms with van der Waals surface area (Å²) in [6.07, 6.45) is 4.65. The van der Waals surface area contributed by atoms with E-state index in [2.05, 4.69) is 6.92 Å². The van der Waals surface area contributed by atoms with Gasteiger partial charge in [0, 0.05) is 0 Å². The average molecular weight is 277 g/mol. The van der Waals surface area contributed by atoms with Crippen molar-refractivity contribution in [3.63, 3.8) is 0 Å². The van der Waals surface area contributed by atoms with Crippen LogP contribution in [0.4, 0.5) is 0 Å². The minimum absolute atomic E-state index is 0.627. The molecule has 16 heavy (non-hydrogen) atoms. The summed E-state index contributed by atoms with van der Waals surface area (Å²) in [5, 5.41) is 0. The molecule has 0 saturated carbocycles. The van der Waals surface area contributed by atoms with Crippen LogP contribution in [0.1, 0.15) is 26.2 Å². The summed E-state index contributed by atoms with van der Waals surface area (Å²) in [4.78, 5) is 10.9. The molecule has 0 aromatic rings. The number of fused-ring (bicyclic) bond motifs is 10. The molecule has 10 aliphatic heterocycles. The number of halogens is 1. The first-order valence-electron chi connectivity index (χ1n) is 7.39. The topological polar surface area (TPSA) is 0 Å². The molecule has 88 valence electrons. The molecule has 0 aliphatic carbocycles. The molecule has 10 fully saturated rings. The van der Waals surface area contributed by atoms with Gasteiger partial charge in [-0.05, 0) is 0 Å². The summed E-state index contributed by atoms with van der Waals surface area (Å²) in [6, 6.07) is 0. The summed E-state index contributed by atoms with van der Waals surface area (Å²) < 4.78 is 1.70. The third-order valence-electron chi connectivity index (χ3n) is 15.8. The quantitative estimate of drug-likeness (QED) is 0.498. The van der Waals surface area contributed by atoms with Gasteiger partial charge in [0.1, 0.15) is 0 Å². The molecule has 0 amide bonds. The fraction of sp³-hybridized carbons (Fsp3) is 1.00. The molecular weight excluding hydrogens is 259 g/mol. The van der Waals surface area contributed by atoms with E-state index < -0.39 is 6.51 Å². The summed E-state index contributed by atoms with van der Waals surface area (Å²) in [5.41, 5.74) is 0. The van der Waals surface area contributed by atoms with Crippen LogP contribution in [0.2, 0.25) is 42.8 Å². The van der Waals surface area contributed by atoms with Crippen LogP contribution in [0.25, 0.3) is 0 Å². The molecule has 10 saturated heterocycles. The van der Waals surface area contributed by atoms with Crippen LogP contribution in [-0.2, 0) is 6.51 Å². The van der Waals surface area contributed by atoms with Crippen molar-refractivity contribution >= 4 is 11.6 Å². The normalized spacial score (nSPS) is 131. The van der Waals surface area contributed by atoms with Crippen LogP contribution in [-0.4, -0.2) is 3.77 Å². The minimum atomic E-state index is -2.97. The second-order valence-electron chi connectivity index (χ2n) is 10.9. The van der Waals surface area contributed by atoms with Gasteiger partial charge in [0.05, 0.1) is 0 Å².